The minimum Gasteiger partial charge on any atom is -0.326 e. The van der Waals surface area contributed by atoms with Crippen molar-refractivity contribution in [1.29, 1.82) is 0 Å². The molecule has 0 amide bonds. The van der Waals surface area contributed by atoms with Crippen molar-refractivity contribution in [2.75, 3.05) is 20.1 Å². The summed E-state index contributed by atoms with van der Waals surface area (Å²) in [5.74, 6) is 0. The molecule has 0 saturated carbocycles. The van der Waals surface area contributed by atoms with Gasteiger partial charge in [0.15, 0.2) is 0 Å². The second-order valence-corrected chi connectivity index (χ2v) is 6.32. The number of rotatable bonds is 6. The summed E-state index contributed by atoms with van der Waals surface area (Å²) in [7, 11) is 2.18. The van der Waals surface area contributed by atoms with Crippen LogP contribution in [0.15, 0.2) is 11.4 Å². The molecular weight excluding hydrogens is 216 g/mol. The first-order valence-corrected chi connectivity index (χ1v) is 6.77. The second kappa shape index (κ2) is 5.80. The van der Waals surface area contributed by atoms with Gasteiger partial charge in [0, 0.05) is 17.0 Å². The van der Waals surface area contributed by atoms with Crippen molar-refractivity contribution in [3.63, 3.8) is 0 Å². The van der Waals surface area contributed by atoms with Crippen LogP contribution in [0.2, 0.25) is 0 Å². The summed E-state index contributed by atoms with van der Waals surface area (Å²) in [4.78, 5) is 3.88. The van der Waals surface area contributed by atoms with Gasteiger partial charge in [-0.1, -0.05) is 0 Å². The van der Waals surface area contributed by atoms with Crippen LogP contribution in [0.3, 0.4) is 0 Å². The molecule has 0 bridgehead atoms. The van der Waals surface area contributed by atoms with Gasteiger partial charge in [-0.25, -0.2) is 0 Å². The highest BCUT2D eigenvalue weighted by molar-refractivity contribution is 7.10. The fourth-order valence-corrected chi connectivity index (χ4v) is 2.44. The van der Waals surface area contributed by atoms with Crippen LogP contribution in [0.1, 0.15) is 30.7 Å². The Bertz CT molecular complexity index is 312. The molecule has 0 unspecified atom stereocenters. The lowest BCUT2D eigenvalue weighted by atomic mass is 10.0. The molecule has 0 aliphatic heterocycles. The number of nitrogens with two attached hydrogens (primary N) is 1. The Morgan fingerprint density at radius 3 is 2.56 bits per heavy atom. The molecule has 92 valence electrons. The van der Waals surface area contributed by atoms with Gasteiger partial charge in [-0.05, 0) is 64.2 Å². The van der Waals surface area contributed by atoms with Crippen molar-refractivity contribution in [3.8, 4) is 0 Å². The summed E-state index contributed by atoms with van der Waals surface area (Å²) in [5.41, 5.74) is 7.35. The quantitative estimate of drug-likeness (QED) is 0.828. The van der Waals surface area contributed by atoms with Crippen molar-refractivity contribution >= 4 is 11.3 Å². The van der Waals surface area contributed by atoms with Gasteiger partial charge in [0.1, 0.15) is 0 Å². The molecule has 1 aromatic rings. The minimum absolute atomic E-state index is 0.0485. The molecule has 0 atom stereocenters. The third-order valence-corrected chi connectivity index (χ3v) is 3.91. The van der Waals surface area contributed by atoms with Crippen LogP contribution < -0.4 is 5.73 Å². The number of aryl methyl sites for hydroxylation is 1. The van der Waals surface area contributed by atoms with Gasteiger partial charge in [-0.2, -0.15) is 0 Å². The number of likely N-dealkylation sites (N-methyl/N-ethyl adjacent to an activating group) is 1. The normalized spacial score (nSPS) is 12.4. The molecule has 0 fully saturated rings. The van der Waals surface area contributed by atoms with E-state index in [-0.39, 0.29) is 5.54 Å². The van der Waals surface area contributed by atoms with E-state index in [1.807, 2.05) is 11.3 Å². The highest BCUT2D eigenvalue weighted by atomic mass is 32.1. The first kappa shape index (κ1) is 13.7. The van der Waals surface area contributed by atoms with E-state index in [4.69, 9.17) is 5.73 Å². The summed E-state index contributed by atoms with van der Waals surface area (Å²) < 4.78 is 0. The molecule has 0 aromatic carbocycles. The number of hydrogen-bond acceptors (Lipinski definition) is 3. The van der Waals surface area contributed by atoms with Crippen LogP contribution in [-0.2, 0) is 6.42 Å². The SMILES string of the molecule is Cc1ccsc1CCN(C)CCC(C)(C)N. The van der Waals surface area contributed by atoms with Gasteiger partial charge < -0.3 is 10.6 Å². The third kappa shape index (κ3) is 5.10. The Labute approximate surface area is 103 Å². The zero-order valence-electron chi connectivity index (χ0n) is 10.9. The van der Waals surface area contributed by atoms with Crippen LogP contribution in [0.25, 0.3) is 0 Å². The zero-order chi connectivity index (χ0) is 12.2. The van der Waals surface area contributed by atoms with Crippen LogP contribution >= 0.6 is 11.3 Å². The van der Waals surface area contributed by atoms with Gasteiger partial charge >= 0.3 is 0 Å². The zero-order valence-corrected chi connectivity index (χ0v) is 11.7. The molecule has 2 N–H and O–H groups in total. The first-order chi connectivity index (χ1) is 7.38. The topological polar surface area (TPSA) is 29.3 Å². The van der Waals surface area contributed by atoms with Crippen molar-refractivity contribution in [2.45, 2.75) is 39.2 Å². The van der Waals surface area contributed by atoms with Crippen LogP contribution in [-0.4, -0.2) is 30.6 Å². The lowest BCUT2D eigenvalue weighted by Gasteiger charge is -2.23. The fraction of sp³-hybridized carbons (Fsp3) is 0.692. The van der Waals surface area contributed by atoms with E-state index in [1.165, 1.54) is 10.4 Å². The predicted octanol–water partition coefficient (Wildman–Crippen LogP) is 2.66. The van der Waals surface area contributed by atoms with E-state index in [0.29, 0.717) is 0 Å². The first-order valence-electron chi connectivity index (χ1n) is 5.89. The van der Waals surface area contributed by atoms with Crippen LogP contribution in [0.5, 0.6) is 0 Å². The summed E-state index contributed by atoms with van der Waals surface area (Å²) in [5, 5.41) is 2.17. The van der Waals surface area contributed by atoms with Gasteiger partial charge in [-0.3, -0.25) is 0 Å². The molecule has 0 aliphatic carbocycles. The molecular formula is C13H24N2S. The molecule has 0 saturated heterocycles. The largest absolute Gasteiger partial charge is 0.326 e. The molecule has 1 heterocycles. The molecule has 0 spiro atoms. The van der Waals surface area contributed by atoms with E-state index in [1.54, 1.807) is 0 Å². The van der Waals surface area contributed by atoms with Gasteiger partial charge in [0.2, 0.25) is 0 Å². The van der Waals surface area contributed by atoms with Crippen molar-refractivity contribution in [2.24, 2.45) is 5.73 Å². The van der Waals surface area contributed by atoms with E-state index in [9.17, 15) is 0 Å². The van der Waals surface area contributed by atoms with E-state index >= 15 is 0 Å². The average molecular weight is 240 g/mol. The summed E-state index contributed by atoms with van der Waals surface area (Å²) in [6.45, 7) is 8.56. The van der Waals surface area contributed by atoms with Crippen molar-refractivity contribution in [3.05, 3.63) is 21.9 Å². The maximum atomic E-state index is 5.97. The lowest BCUT2D eigenvalue weighted by molar-refractivity contribution is 0.299. The summed E-state index contributed by atoms with van der Waals surface area (Å²) in [6, 6.07) is 2.20. The Kier molecular flexibility index (Phi) is 4.96. The Morgan fingerprint density at radius 1 is 1.38 bits per heavy atom. The van der Waals surface area contributed by atoms with Gasteiger partial charge in [0.05, 0.1) is 0 Å². The fourth-order valence-electron chi connectivity index (χ4n) is 1.54. The lowest BCUT2D eigenvalue weighted by Crippen LogP contribution is -2.36. The van der Waals surface area contributed by atoms with E-state index in [0.717, 1.165) is 25.9 Å². The standard InChI is InChI=1S/C13H24N2S/c1-11-6-10-16-12(11)5-8-15(4)9-7-13(2,3)14/h6,10H,5,7-9,14H2,1-4H3. The molecule has 0 aliphatic rings. The molecule has 16 heavy (non-hydrogen) atoms. The highest BCUT2D eigenvalue weighted by Gasteiger charge is 2.11. The van der Waals surface area contributed by atoms with Gasteiger partial charge in [-0.15, -0.1) is 11.3 Å². The minimum atomic E-state index is -0.0485. The molecule has 1 aromatic heterocycles. The molecule has 3 heteroatoms. The highest BCUT2D eigenvalue weighted by Crippen LogP contribution is 2.16. The Morgan fingerprint density at radius 2 is 2.06 bits per heavy atom. The summed E-state index contributed by atoms with van der Waals surface area (Å²) >= 11 is 1.86. The smallest absolute Gasteiger partial charge is 0.0109 e. The Balaban J connectivity index is 2.25. The van der Waals surface area contributed by atoms with Crippen LogP contribution in [0.4, 0.5) is 0 Å². The number of nitrogens with zero attached hydrogens (tertiary/aromatic N) is 1. The second-order valence-electron chi connectivity index (χ2n) is 5.32. The molecule has 0 radical (unpaired) electrons. The van der Waals surface area contributed by atoms with Gasteiger partial charge in [0.25, 0.3) is 0 Å². The summed E-state index contributed by atoms with van der Waals surface area (Å²) in [6.07, 6.45) is 2.21. The van der Waals surface area contributed by atoms with Crippen molar-refractivity contribution in [1.82, 2.24) is 4.90 Å². The third-order valence-electron chi connectivity index (χ3n) is 2.83. The molecule has 1 rings (SSSR count). The number of hydrogen-bond donors (Lipinski definition) is 1. The number of thiophene rings is 1. The van der Waals surface area contributed by atoms with Crippen LogP contribution in [0, 0.1) is 6.92 Å². The molecule has 2 nitrogen and oxygen atoms in total. The monoisotopic (exact) mass is 240 g/mol. The maximum absolute atomic E-state index is 5.97. The maximum Gasteiger partial charge on any atom is 0.0109 e. The average Bonchev–Trinajstić information content (AvgIpc) is 2.57. The van der Waals surface area contributed by atoms with E-state index in [2.05, 4.69) is 44.2 Å². The Hall–Kier alpha value is -0.380. The predicted molar refractivity (Wildman–Crippen MR) is 73.1 cm³/mol. The van der Waals surface area contributed by atoms with Crippen molar-refractivity contribution < 1.29 is 0 Å². The van der Waals surface area contributed by atoms with E-state index < -0.39 is 0 Å².